The molecule has 0 unspecified atom stereocenters. The molecule has 1 aromatic heterocycles. The topological polar surface area (TPSA) is 66.8 Å². The standard InChI is InChI=1S/C26H19F4NO4S3/c27-21-7-6-17(11-20(21)26(28,29)30)18-10-19(37-14-18)12-22-23(32)31(25(36)38-22)8-1-9-35-13-15-2-4-16(5-3-15)24(33)34/h2-7,10-12,14H,1,8-9,13H2,(H,33,34)/b22-12-. The third kappa shape index (κ3) is 6.68. The van der Waals surface area contributed by atoms with Crippen molar-refractivity contribution in [1.82, 2.24) is 4.90 Å². The van der Waals surface area contributed by atoms with Gasteiger partial charge in [0.1, 0.15) is 10.1 Å². The van der Waals surface area contributed by atoms with Gasteiger partial charge in [-0.25, -0.2) is 9.18 Å². The second-order valence-corrected chi connectivity index (χ2v) is 10.8. The minimum Gasteiger partial charge on any atom is -0.478 e. The van der Waals surface area contributed by atoms with Gasteiger partial charge >= 0.3 is 12.1 Å². The first kappa shape index (κ1) is 28.0. The van der Waals surface area contributed by atoms with Crippen LogP contribution in [0.1, 0.15) is 32.8 Å². The van der Waals surface area contributed by atoms with Crippen LogP contribution < -0.4 is 0 Å². The van der Waals surface area contributed by atoms with E-state index in [1.165, 1.54) is 34.4 Å². The fourth-order valence-corrected chi connectivity index (χ4v) is 5.80. The molecule has 1 fully saturated rings. The van der Waals surface area contributed by atoms with Gasteiger partial charge in [-0.05, 0) is 64.9 Å². The molecule has 38 heavy (non-hydrogen) atoms. The SMILES string of the molecule is O=C(O)c1ccc(COCCCN2C(=O)/C(=C/c3cc(-c4ccc(F)c(C(F)(F)F)c4)cs3)SC2=S)cc1. The summed E-state index contributed by atoms with van der Waals surface area (Å²) in [5.74, 6) is -2.59. The molecule has 3 aromatic rings. The number of thiophene rings is 1. The zero-order valence-corrected chi connectivity index (χ0v) is 21.9. The Labute approximate surface area is 228 Å². The van der Waals surface area contributed by atoms with Gasteiger partial charge in [0.15, 0.2) is 0 Å². The van der Waals surface area contributed by atoms with E-state index in [0.29, 0.717) is 45.8 Å². The molecule has 1 aliphatic rings. The lowest BCUT2D eigenvalue weighted by molar-refractivity contribution is -0.140. The predicted octanol–water partition coefficient (Wildman–Crippen LogP) is 7.08. The fourth-order valence-electron chi connectivity index (χ4n) is 3.58. The van der Waals surface area contributed by atoms with Gasteiger partial charge in [0.05, 0.1) is 22.6 Å². The van der Waals surface area contributed by atoms with Crippen molar-refractivity contribution < 1.29 is 37.0 Å². The van der Waals surface area contributed by atoms with Gasteiger partial charge in [-0.2, -0.15) is 13.2 Å². The number of aromatic carboxylic acids is 1. The Hall–Kier alpha value is -3.06. The van der Waals surface area contributed by atoms with E-state index >= 15 is 0 Å². The maximum absolute atomic E-state index is 13.6. The Morgan fingerprint density at radius 3 is 2.53 bits per heavy atom. The van der Waals surface area contributed by atoms with Crippen LogP contribution in [0.3, 0.4) is 0 Å². The quantitative estimate of drug-likeness (QED) is 0.126. The summed E-state index contributed by atoms with van der Waals surface area (Å²) in [4.78, 5) is 26.3. The average Bonchev–Trinajstić information content (AvgIpc) is 3.43. The van der Waals surface area contributed by atoms with Gasteiger partial charge in [0.2, 0.25) is 0 Å². The molecule has 0 aliphatic carbocycles. The van der Waals surface area contributed by atoms with Crippen LogP contribution in [0.15, 0.2) is 58.8 Å². The lowest BCUT2D eigenvalue weighted by Crippen LogP contribution is -2.29. The van der Waals surface area contributed by atoms with Gasteiger partial charge in [0.25, 0.3) is 5.91 Å². The summed E-state index contributed by atoms with van der Waals surface area (Å²) in [6.45, 7) is 1.02. The van der Waals surface area contributed by atoms with Gasteiger partial charge in [-0.3, -0.25) is 9.69 Å². The van der Waals surface area contributed by atoms with Gasteiger partial charge < -0.3 is 9.84 Å². The second-order valence-electron chi connectivity index (χ2n) is 8.17. The van der Waals surface area contributed by atoms with Crippen molar-refractivity contribution in [2.45, 2.75) is 19.2 Å². The fraction of sp³-hybridized carbons (Fsp3) is 0.192. The monoisotopic (exact) mass is 581 g/mol. The van der Waals surface area contributed by atoms with Crippen molar-refractivity contribution in [2.75, 3.05) is 13.2 Å². The van der Waals surface area contributed by atoms with Gasteiger partial charge in [-0.15, -0.1) is 11.3 Å². The molecule has 0 radical (unpaired) electrons. The van der Waals surface area contributed by atoms with E-state index in [9.17, 15) is 27.2 Å². The molecular formula is C26H19F4NO4S3. The number of carboxylic acids is 1. The largest absolute Gasteiger partial charge is 0.478 e. The van der Waals surface area contributed by atoms with Gasteiger partial charge in [-0.1, -0.05) is 42.2 Å². The van der Waals surface area contributed by atoms with E-state index in [0.717, 1.165) is 29.5 Å². The zero-order chi connectivity index (χ0) is 27.4. The summed E-state index contributed by atoms with van der Waals surface area (Å²) in [6, 6.07) is 10.8. The Morgan fingerprint density at radius 2 is 1.84 bits per heavy atom. The van der Waals surface area contributed by atoms with E-state index in [4.69, 9.17) is 22.1 Å². The number of alkyl halides is 3. The summed E-state index contributed by atoms with van der Waals surface area (Å²) < 4.78 is 58.8. The number of hydrogen-bond acceptors (Lipinski definition) is 6. The average molecular weight is 582 g/mol. The molecule has 0 spiro atoms. The van der Waals surface area contributed by atoms with Crippen molar-refractivity contribution in [1.29, 1.82) is 0 Å². The van der Waals surface area contributed by atoms with Crippen LogP contribution in [0.5, 0.6) is 0 Å². The van der Waals surface area contributed by atoms with Crippen molar-refractivity contribution in [2.24, 2.45) is 0 Å². The summed E-state index contributed by atoms with van der Waals surface area (Å²) in [6.07, 6.45) is -2.63. The van der Waals surface area contributed by atoms with Crippen molar-refractivity contribution in [3.8, 4) is 11.1 Å². The van der Waals surface area contributed by atoms with Crippen molar-refractivity contribution in [3.63, 3.8) is 0 Å². The van der Waals surface area contributed by atoms with E-state index in [-0.39, 0.29) is 17.0 Å². The highest BCUT2D eigenvalue weighted by Crippen LogP contribution is 2.37. The second kappa shape index (κ2) is 11.8. The molecule has 1 aliphatic heterocycles. The van der Waals surface area contributed by atoms with Crippen molar-refractivity contribution >= 4 is 57.6 Å². The number of thioether (sulfide) groups is 1. The van der Waals surface area contributed by atoms with E-state index in [1.54, 1.807) is 29.7 Å². The van der Waals surface area contributed by atoms with Crippen LogP contribution >= 0.6 is 35.3 Å². The molecule has 1 N–H and O–H groups in total. The highest BCUT2D eigenvalue weighted by molar-refractivity contribution is 8.26. The number of carbonyl (C=O) groups is 2. The minimum atomic E-state index is -4.80. The first-order chi connectivity index (χ1) is 18.0. The van der Waals surface area contributed by atoms with Crippen LogP contribution in [0.25, 0.3) is 17.2 Å². The normalized spacial score (nSPS) is 15.1. The number of rotatable bonds is 9. The molecular weight excluding hydrogens is 562 g/mol. The predicted molar refractivity (Wildman–Crippen MR) is 142 cm³/mol. The van der Waals surface area contributed by atoms with Crippen molar-refractivity contribution in [3.05, 3.63) is 86.2 Å². The Kier molecular flexibility index (Phi) is 8.66. The molecule has 0 saturated carbocycles. The minimum absolute atomic E-state index is 0.195. The highest BCUT2D eigenvalue weighted by Gasteiger charge is 2.34. The Morgan fingerprint density at radius 1 is 1.11 bits per heavy atom. The molecule has 2 aromatic carbocycles. The maximum Gasteiger partial charge on any atom is 0.419 e. The number of ether oxygens (including phenoxy) is 1. The first-order valence-corrected chi connectivity index (χ1v) is 13.2. The zero-order valence-electron chi connectivity index (χ0n) is 19.5. The molecule has 0 bridgehead atoms. The number of benzene rings is 2. The van der Waals surface area contributed by atoms with E-state index in [2.05, 4.69) is 0 Å². The maximum atomic E-state index is 13.6. The molecule has 1 amide bonds. The number of nitrogens with zero attached hydrogens (tertiary/aromatic N) is 1. The molecule has 5 nitrogen and oxygen atoms in total. The summed E-state index contributed by atoms with van der Waals surface area (Å²) in [5.41, 5.74) is 0.399. The van der Waals surface area contributed by atoms with Gasteiger partial charge in [0, 0.05) is 18.0 Å². The Balaban J connectivity index is 1.32. The summed E-state index contributed by atoms with van der Waals surface area (Å²) >= 11 is 7.73. The smallest absolute Gasteiger partial charge is 0.419 e. The number of carbonyl (C=O) groups excluding carboxylic acids is 1. The van der Waals surface area contributed by atoms with Crippen LogP contribution in [-0.4, -0.2) is 39.4 Å². The summed E-state index contributed by atoms with van der Waals surface area (Å²) in [5, 5.41) is 10.6. The lowest BCUT2D eigenvalue weighted by Gasteiger charge is -2.14. The number of amides is 1. The molecule has 4 rings (SSSR count). The molecule has 2 heterocycles. The number of thiocarbonyl (C=S) groups is 1. The van der Waals surface area contributed by atoms with E-state index in [1.807, 2.05) is 0 Å². The lowest BCUT2D eigenvalue weighted by atomic mass is 10.0. The van der Waals surface area contributed by atoms with Crippen LogP contribution in [0.4, 0.5) is 17.6 Å². The molecule has 0 atom stereocenters. The van der Waals surface area contributed by atoms with Crippen LogP contribution in [0, 0.1) is 5.82 Å². The number of halogens is 4. The molecule has 12 heteroatoms. The summed E-state index contributed by atoms with van der Waals surface area (Å²) in [7, 11) is 0. The third-order valence-corrected chi connectivity index (χ3v) is 7.77. The number of carboxylic acid groups (broad SMARTS) is 1. The number of hydrogen-bond donors (Lipinski definition) is 1. The molecule has 198 valence electrons. The van der Waals surface area contributed by atoms with Crippen LogP contribution in [0.2, 0.25) is 0 Å². The third-order valence-electron chi connectivity index (χ3n) is 5.51. The van der Waals surface area contributed by atoms with E-state index < -0.39 is 23.5 Å². The van der Waals surface area contributed by atoms with Crippen LogP contribution in [-0.2, 0) is 22.3 Å². The Bertz CT molecular complexity index is 1400. The molecule has 1 saturated heterocycles. The highest BCUT2D eigenvalue weighted by atomic mass is 32.2. The first-order valence-electron chi connectivity index (χ1n) is 11.1.